The van der Waals surface area contributed by atoms with E-state index in [4.69, 9.17) is 18.9 Å². The molecular weight excluding hydrogens is 358 g/mol. The van der Waals surface area contributed by atoms with Gasteiger partial charge in [0.2, 0.25) is 5.91 Å². The first-order valence-electron chi connectivity index (χ1n) is 8.72. The van der Waals surface area contributed by atoms with Gasteiger partial charge in [-0.3, -0.25) is 4.79 Å². The maximum Gasteiger partial charge on any atom is 0.217 e. The van der Waals surface area contributed by atoms with Gasteiger partial charge in [0.25, 0.3) is 0 Å². The topological polar surface area (TPSA) is 127 Å². The Bertz CT molecular complexity index is 625. The number of carbonyl (C=O) groups excluding carboxylic acids is 1. The van der Waals surface area contributed by atoms with E-state index in [1.165, 1.54) is 14.0 Å². The Morgan fingerprint density at radius 3 is 2.59 bits per heavy atom. The molecule has 1 aliphatic heterocycles. The van der Waals surface area contributed by atoms with Crippen LogP contribution in [0.4, 0.5) is 0 Å². The van der Waals surface area contributed by atoms with Crippen molar-refractivity contribution >= 4 is 5.91 Å². The molecule has 1 aliphatic rings. The molecule has 0 radical (unpaired) electrons. The Kier molecular flexibility index (Phi) is 7.81. The molecule has 4 N–H and O–H groups in total. The van der Waals surface area contributed by atoms with E-state index in [-0.39, 0.29) is 6.61 Å². The molecule has 0 unspecified atom stereocenters. The van der Waals surface area contributed by atoms with Gasteiger partial charge in [0, 0.05) is 6.92 Å². The van der Waals surface area contributed by atoms with Gasteiger partial charge in [-0.05, 0) is 24.6 Å². The van der Waals surface area contributed by atoms with Crippen LogP contribution in [0.25, 0.3) is 0 Å². The van der Waals surface area contributed by atoms with E-state index in [9.17, 15) is 20.1 Å². The minimum atomic E-state index is -1.35. The van der Waals surface area contributed by atoms with Crippen LogP contribution in [0.5, 0.6) is 11.5 Å². The van der Waals surface area contributed by atoms with Gasteiger partial charge in [-0.25, -0.2) is 0 Å². The molecular formula is C18H27NO8. The number of aliphatic hydroxyl groups is 3. The number of amides is 1. The van der Waals surface area contributed by atoms with Crippen LogP contribution in [0.1, 0.15) is 19.4 Å². The molecule has 0 aliphatic carbocycles. The highest BCUT2D eigenvalue weighted by molar-refractivity contribution is 5.73. The predicted molar refractivity (Wildman–Crippen MR) is 94.3 cm³/mol. The van der Waals surface area contributed by atoms with Gasteiger partial charge in [0.05, 0.1) is 26.9 Å². The van der Waals surface area contributed by atoms with Crippen molar-refractivity contribution in [3.63, 3.8) is 0 Å². The lowest BCUT2D eigenvalue weighted by atomic mass is 9.97. The molecule has 0 saturated carbocycles. The number of benzene rings is 1. The van der Waals surface area contributed by atoms with Crippen LogP contribution in [0.3, 0.4) is 0 Å². The highest BCUT2D eigenvalue weighted by Gasteiger charge is 2.45. The standard InChI is InChI=1S/C18H27NO8/c1-4-25-12-6-5-11(7-13(12)24-3)9-26-18-15(19-10(2)21)17(23)16(22)14(8-20)27-18/h5-7,14-18,20,22-23H,4,8-9H2,1-3H3,(H,19,21)/t14-,15-,16+,17+,18-/m1/s1. The van der Waals surface area contributed by atoms with E-state index >= 15 is 0 Å². The van der Waals surface area contributed by atoms with Crippen molar-refractivity contribution in [2.75, 3.05) is 20.3 Å². The second-order valence-corrected chi connectivity index (χ2v) is 6.16. The lowest BCUT2D eigenvalue weighted by Crippen LogP contribution is -2.64. The Morgan fingerprint density at radius 2 is 2.00 bits per heavy atom. The largest absolute Gasteiger partial charge is 0.493 e. The lowest BCUT2D eigenvalue weighted by molar-refractivity contribution is -0.273. The third-order valence-electron chi connectivity index (χ3n) is 4.19. The summed E-state index contributed by atoms with van der Waals surface area (Å²) in [6, 6.07) is 4.31. The van der Waals surface area contributed by atoms with E-state index in [0.717, 1.165) is 5.56 Å². The molecule has 1 fully saturated rings. The SMILES string of the molecule is CCOc1ccc(CO[C@@H]2O[C@H](CO)[C@H](O)[C@@H](O)[C@H]2NC(C)=O)cc1OC. The number of rotatable bonds is 8. The average Bonchev–Trinajstić information content (AvgIpc) is 2.65. The van der Waals surface area contributed by atoms with Crippen LogP contribution in [0.2, 0.25) is 0 Å². The fraction of sp³-hybridized carbons (Fsp3) is 0.611. The van der Waals surface area contributed by atoms with E-state index in [2.05, 4.69) is 5.32 Å². The summed E-state index contributed by atoms with van der Waals surface area (Å²) in [5.41, 5.74) is 0.752. The summed E-state index contributed by atoms with van der Waals surface area (Å²) in [6.45, 7) is 3.25. The van der Waals surface area contributed by atoms with Crippen LogP contribution in [-0.4, -0.2) is 72.2 Å². The van der Waals surface area contributed by atoms with Crippen LogP contribution in [0.15, 0.2) is 18.2 Å². The van der Waals surface area contributed by atoms with Crippen molar-refractivity contribution in [1.82, 2.24) is 5.32 Å². The summed E-state index contributed by atoms with van der Waals surface area (Å²) in [5.74, 6) is 0.742. The molecule has 1 aromatic rings. The third-order valence-corrected chi connectivity index (χ3v) is 4.19. The number of ether oxygens (including phenoxy) is 4. The average molecular weight is 385 g/mol. The van der Waals surface area contributed by atoms with Crippen LogP contribution in [-0.2, 0) is 20.9 Å². The van der Waals surface area contributed by atoms with E-state index in [1.807, 2.05) is 6.92 Å². The molecule has 9 nitrogen and oxygen atoms in total. The van der Waals surface area contributed by atoms with Crippen molar-refractivity contribution in [3.8, 4) is 11.5 Å². The molecule has 9 heteroatoms. The quantitative estimate of drug-likeness (QED) is 0.474. The summed E-state index contributed by atoms with van der Waals surface area (Å²) < 4.78 is 22.0. The Labute approximate surface area is 157 Å². The van der Waals surface area contributed by atoms with Crippen molar-refractivity contribution in [2.45, 2.75) is 51.1 Å². The van der Waals surface area contributed by atoms with Crippen LogP contribution in [0, 0.1) is 0 Å². The lowest BCUT2D eigenvalue weighted by Gasteiger charge is -2.42. The van der Waals surface area contributed by atoms with Crippen molar-refractivity contribution in [3.05, 3.63) is 23.8 Å². The molecule has 1 amide bonds. The van der Waals surface area contributed by atoms with E-state index in [0.29, 0.717) is 18.1 Å². The molecule has 1 aromatic carbocycles. The van der Waals surface area contributed by atoms with Gasteiger partial charge in [-0.15, -0.1) is 0 Å². The minimum Gasteiger partial charge on any atom is -0.493 e. The molecule has 0 spiro atoms. The second-order valence-electron chi connectivity index (χ2n) is 6.16. The first-order valence-corrected chi connectivity index (χ1v) is 8.72. The summed E-state index contributed by atoms with van der Waals surface area (Å²) in [6.07, 6.45) is -4.77. The van der Waals surface area contributed by atoms with Gasteiger partial charge in [-0.1, -0.05) is 6.07 Å². The zero-order chi connectivity index (χ0) is 20.0. The summed E-state index contributed by atoms with van der Waals surface area (Å²) in [7, 11) is 1.53. The van der Waals surface area contributed by atoms with Gasteiger partial charge >= 0.3 is 0 Å². The Hall–Kier alpha value is -1.91. The molecule has 1 saturated heterocycles. The van der Waals surface area contributed by atoms with Crippen molar-refractivity contribution in [1.29, 1.82) is 0 Å². The Morgan fingerprint density at radius 1 is 1.26 bits per heavy atom. The monoisotopic (exact) mass is 385 g/mol. The number of aliphatic hydroxyl groups excluding tert-OH is 3. The minimum absolute atomic E-state index is 0.0878. The van der Waals surface area contributed by atoms with E-state index < -0.39 is 43.2 Å². The first kappa shape index (κ1) is 21.4. The molecule has 5 atom stereocenters. The number of carbonyl (C=O) groups is 1. The zero-order valence-corrected chi connectivity index (χ0v) is 15.6. The molecule has 1 heterocycles. The number of methoxy groups -OCH3 is 1. The summed E-state index contributed by atoms with van der Waals surface area (Å²) in [4.78, 5) is 11.4. The Balaban J connectivity index is 2.11. The fourth-order valence-corrected chi connectivity index (χ4v) is 2.87. The number of nitrogens with one attached hydrogen (secondary N) is 1. The molecule has 0 bridgehead atoms. The maximum absolute atomic E-state index is 11.4. The summed E-state index contributed by atoms with van der Waals surface area (Å²) >= 11 is 0. The highest BCUT2D eigenvalue weighted by Crippen LogP contribution is 2.29. The van der Waals surface area contributed by atoms with Gasteiger partial charge in [0.1, 0.15) is 24.4 Å². The molecule has 0 aromatic heterocycles. The third kappa shape index (κ3) is 5.30. The molecule has 152 valence electrons. The first-order chi connectivity index (χ1) is 12.9. The zero-order valence-electron chi connectivity index (χ0n) is 15.6. The predicted octanol–water partition coefficient (Wildman–Crippen LogP) is -0.446. The number of hydrogen-bond acceptors (Lipinski definition) is 8. The van der Waals surface area contributed by atoms with Gasteiger partial charge < -0.3 is 39.6 Å². The van der Waals surface area contributed by atoms with Crippen LogP contribution < -0.4 is 14.8 Å². The smallest absolute Gasteiger partial charge is 0.217 e. The fourth-order valence-electron chi connectivity index (χ4n) is 2.87. The van der Waals surface area contributed by atoms with Crippen molar-refractivity contribution in [2.24, 2.45) is 0 Å². The van der Waals surface area contributed by atoms with Crippen molar-refractivity contribution < 1.29 is 39.1 Å². The normalized spacial score (nSPS) is 27.9. The summed E-state index contributed by atoms with van der Waals surface area (Å²) in [5, 5.41) is 32.1. The molecule has 2 rings (SSSR count). The number of hydrogen-bond donors (Lipinski definition) is 4. The van der Waals surface area contributed by atoms with Crippen LogP contribution >= 0.6 is 0 Å². The van der Waals surface area contributed by atoms with Gasteiger partial charge in [-0.2, -0.15) is 0 Å². The van der Waals surface area contributed by atoms with Gasteiger partial charge in [0.15, 0.2) is 17.8 Å². The second kappa shape index (κ2) is 9.86. The highest BCUT2D eigenvalue weighted by atomic mass is 16.7. The maximum atomic E-state index is 11.4. The molecule has 27 heavy (non-hydrogen) atoms. The van der Waals surface area contributed by atoms with E-state index in [1.54, 1.807) is 18.2 Å².